The Morgan fingerprint density at radius 3 is 2.53 bits per heavy atom. The summed E-state index contributed by atoms with van der Waals surface area (Å²) in [5.74, 6) is -5.27. The first-order valence-corrected chi connectivity index (χ1v) is 4.57. The second-order valence-electron chi connectivity index (χ2n) is 2.84. The lowest BCUT2D eigenvalue weighted by molar-refractivity contribution is -0.0531. The van der Waals surface area contributed by atoms with Crippen LogP contribution in [-0.4, -0.2) is 19.2 Å². The molecule has 0 bridgehead atoms. The molecule has 0 aromatic heterocycles. The van der Waals surface area contributed by atoms with Gasteiger partial charge in [-0.05, 0) is 19.1 Å². The smallest absolute Gasteiger partial charge is 0.387 e. The Morgan fingerprint density at radius 1 is 1.35 bits per heavy atom. The number of ether oxygens (including phenoxy) is 2. The van der Waals surface area contributed by atoms with Gasteiger partial charge < -0.3 is 9.47 Å². The van der Waals surface area contributed by atoms with E-state index >= 15 is 0 Å². The van der Waals surface area contributed by atoms with Crippen molar-refractivity contribution >= 4 is 5.97 Å². The van der Waals surface area contributed by atoms with Crippen LogP contribution in [0.5, 0.6) is 5.75 Å². The summed E-state index contributed by atoms with van der Waals surface area (Å²) < 4.78 is 58.3. The predicted molar refractivity (Wildman–Crippen MR) is 48.9 cm³/mol. The third kappa shape index (κ3) is 3.08. The minimum Gasteiger partial charge on any atom is -0.462 e. The quantitative estimate of drug-likeness (QED) is 0.610. The van der Waals surface area contributed by atoms with Crippen LogP contribution in [0.25, 0.3) is 0 Å². The molecule has 17 heavy (non-hydrogen) atoms. The third-order valence-electron chi connectivity index (χ3n) is 1.75. The number of hydrogen-bond donors (Lipinski definition) is 0. The van der Waals surface area contributed by atoms with E-state index in [-0.39, 0.29) is 6.61 Å². The molecule has 1 aromatic carbocycles. The van der Waals surface area contributed by atoms with Gasteiger partial charge in [-0.2, -0.15) is 13.2 Å². The van der Waals surface area contributed by atoms with Crippen molar-refractivity contribution < 1.29 is 31.8 Å². The van der Waals surface area contributed by atoms with Gasteiger partial charge in [-0.1, -0.05) is 0 Å². The molecular weight excluding hydrogens is 244 g/mol. The van der Waals surface area contributed by atoms with Gasteiger partial charge in [0, 0.05) is 0 Å². The van der Waals surface area contributed by atoms with E-state index in [0.717, 1.165) is 6.07 Å². The highest BCUT2D eigenvalue weighted by Crippen LogP contribution is 2.27. The Kier molecular flexibility index (Phi) is 4.30. The van der Waals surface area contributed by atoms with Crippen LogP contribution >= 0.6 is 0 Å². The van der Waals surface area contributed by atoms with Crippen LogP contribution in [0.2, 0.25) is 0 Å². The molecule has 0 heterocycles. The summed E-state index contributed by atoms with van der Waals surface area (Å²) in [6.45, 7) is -1.93. The largest absolute Gasteiger partial charge is 0.462 e. The first-order chi connectivity index (χ1) is 7.97. The average Bonchev–Trinajstić information content (AvgIpc) is 2.24. The van der Waals surface area contributed by atoms with Gasteiger partial charge in [0.2, 0.25) is 5.82 Å². The Morgan fingerprint density at radius 2 is 2.00 bits per heavy atom. The van der Waals surface area contributed by atoms with E-state index in [9.17, 15) is 22.4 Å². The number of carbonyl (C=O) groups is 1. The Hall–Kier alpha value is -1.79. The molecule has 0 radical (unpaired) electrons. The summed E-state index contributed by atoms with van der Waals surface area (Å²) in [6, 6.07) is 1.44. The molecule has 3 nitrogen and oxygen atoms in total. The van der Waals surface area contributed by atoms with Crippen molar-refractivity contribution in [3.8, 4) is 5.75 Å². The molecule has 0 spiro atoms. The molecule has 0 atom stereocenters. The Bertz CT molecular complexity index is 420. The van der Waals surface area contributed by atoms with Crippen molar-refractivity contribution in [2.24, 2.45) is 0 Å². The molecule has 0 aliphatic rings. The predicted octanol–water partition coefficient (Wildman–Crippen LogP) is 2.74. The summed E-state index contributed by atoms with van der Waals surface area (Å²) >= 11 is 0. The first kappa shape index (κ1) is 13.3. The van der Waals surface area contributed by atoms with Gasteiger partial charge >= 0.3 is 12.6 Å². The van der Waals surface area contributed by atoms with E-state index < -0.39 is 35.5 Å². The molecule has 0 fully saturated rings. The molecule has 7 heteroatoms. The fourth-order valence-electron chi connectivity index (χ4n) is 1.11. The fraction of sp³-hybridized carbons (Fsp3) is 0.300. The van der Waals surface area contributed by atoms with E-state index in [1.807, 2.05) is 0 Å². The van der Waals surface area contributed by atoms with Gasteiger partial charge in [-0.15, -0.1) is 0 Å². The highest BCUT2D eigenvalue weighted by molar-refractivity contribution is 5.92. The van der Waals surface area contributed by atoms with Crippen molar-refractivity contribution in [2.45, 2.75) is 13.5 Å². The van der Waals surface area contributed by atoms with E-state index in [0.29, 0.717) is 6.07 Å². The van der Waals surface area contributed by atoms with E-state index in [1.54, 1.807) is 0 Å². The summed E-state index contributed by atoms with van der Waals surface area (Å²) in [4.78, 5) is 11.3. The van der Waals surface area contributed by atoms with Crippen LogP contribution in [-0.2, 0) is 4.74 Å². The van der Waals surface area contributed by atoms with E-state index in [4.69, 9.17) is 0 Å². The number of alkyl halides is 2. The molecule has 0 aliphatic heterocycles. The van der Waals surface area contributed by atoms with Gasteiger partial charge in [0.1, 0.15) is 5.56 Å². The standard InChI is InChI=1S/C10H8F4O3/c1-2-16-9(15)5-3-4-6(11)7(12)8(5)17-10(13)14/h3-4,10H,2H2,1H3. The van der Waals surface area contributed by atoms with Crippen LogP contribution in [0, 0.1) is 11.6 Å². The first-order valence-electron chi connectivity index (χ1n) is 4.57. The molecule has 1 aromatic rings. The molecule has 1 rings (SSSR count). The van der Waals surface area contributed by atoms with Crippen LogP contribution in [0.3, 0.4) is 0 Å². The number of hydrogen-bond acceptors (Lipinski definition) is 3. The highest BCUT2D eigenvalue weighted by atomic mass is 19.3. The number of benzene rings is 1. The normalized spacial score (nSPS) is 10.5. The molecular formula is C10H8F4O3. The third-order valence-corrected chi connectivity index (χ3v) is 1.75. The van der Waals surface area contributed by atoms with Gasteiger partial charge in [-0.3, -0.25) is 0 Å². The zero-order valence-electron chi connectivity index (χ0n) is 8.68. The van der Waals surface area contributed by atoms with Crippen molar-refractivity contribution in [2.75, 3.05) is 6.61 Å². The van der Waals surface area contributed by atoms with Gasteiger partial charge in [-0.25, -0.2) is 9.18 Å². The molecule has 0 unspecified atom stereocenters. The topological polar surface area (TPSA) is 35.5 Å². The van der Waals surface area contributed by atoms with Crippen LogP contribution in [0.15, 0.2) is 12.1 Å². The second kappa shape index (κ2) is 5.51. The molecule has 0 amide bonds. The number of carbonyl (C=O) groups excluding carboxylic acids is 1. The maximum Gasteiger partial charge on any atom is 0.387 e. The van der Waals surface area contributed by atoms with Crippen molar-refractivity contribution in [1.82, 2.24) is 0 Å². The van der Waals surface area contributed by atoms with Crippen molar-refractivity contribution in [3.63, 3.8) is 0 Å². The monoisotopic (exact) mass is 252 g/mol. The van der Waals surface area contributed by atoms with Gasteiger partial charge in [0.25, 0.3) is 0 Å². The lowest BCUT2D eigenvalue weighted by Crippen LogP contribution is -2.12. The maximum absolute atomic E-state index is 13.2. The van der Waals surface area contributed by atoms with Crippen LogP contribution < -0.4 is 4.74 Å². The Balaban J connectivity index is 3.19. The summed E-state index contributed by atoms with van der Waals surface area (Å²) in [7, 11) is 0. The molecule has 0 saturated carbocycles. The van der Waals surface area contributed by atoms with Crippen molar-refractivity contribution in [1.29, 1.82) is 0 Å². The number of halogens is 4. The van der Waals surface area contributed by atoms with E-state index in [2.05, 4.69) is 9.47 Å². The minimum absolute atomic E-state index is 0.0358. The van der Waals surface area contributed by atoms with Crippen molar-refractivity contribution in [3.05, 3.63) is 29.3 Å². The molecule has 0 saturated heterocycles. The molecule has 94 valence electrons. The summed E-state index contributed by atoms with van der Waals surface area (Å²) in [5.41, 5.74) is -0.592. The highest BCUT2D eigenvalue weighted by Gasteiger charge is 2.23. The number of esters is 1. The SMILES string of the molecule is CCOC(=O)c1ccc(F)c(F)c1OC(F)F. The second-order valence-corrected chi connectivity index (χ2v) is 2.84. The lowest BCUT2D eigenvalue weighted by Gasteiger charge is -2.11. The van der Waals surface area contributed by atoms with Crippen LogP contribution in [0.4, 0.5) is 17.6 Å². The Labute approximate surface area is 93.9 Å². The maximum atomic E-state index is 13.2. The van der Waals surface area contributed by atoms with E-state index in [1.165, 1.54) is 6.92 Å². The fourth-order valence-corrected chi connectivity index (χ4v) is 1.11. The average molecular weight is 252 g/mol. The summed E-state index contributed by atoms with van der Waals surface area (Å²) in [5, 5.41) is 0. The zero-order valence-corrected chi connectivity index (χ0v) is 8.68. The number of rotatable bonds is 4. The molecule has 0 aliphatic carbocycles. The summed E-state index contributed by atoms with van der Waals surface area (Å²) in [6.07, 6.45) is 0. The lowest BCUT2D eigenvalue weighted by atomic mass is 10.2. The zero-order chi connectivity index (χ0) is 13.0. The van der Waals surface area contributed by atoms with Gasteiger partial charge in [0.15, 0.2) is 11.6 Å². The minimum atomic E-state index is -3.38. The van der Waals surface area contributed by atoms with Gasteiger partial charge in [0.05, 0.1) is 6.61 Å². The molecule has 0 N–H and O–H groups in total. The van der Waals surface area contributed by atoms with Crippen LogP contribution in [0.1, 0.15) is 17.3 Å².